The number of hydrogen-bond acceptors (Lipinski definition) is 4. The van der Waals surface area contributed by atoms with E-state index in [1.54, 1.807) is 11.1 Å². The lowest BCUT2D eigenvalue weighted by Crippen LogP contribution is -2.50. The number of hydrogen-bond donors (Lipinski definition) is 0. The molecule has 0 N–H and O–H groups in total. The number of rotatable bonds is 4. The lowest BCUT2D eigenvalue weighted by Gasteiger charge is -2.58. The second-order valence-electron chi connectivity index (χ2n) is 20.4. The smallest absolute Gasteiger partial charge is 0.303 e. The van der Waals surface area contributed by atoms with Crippen LogP contribution in [0.15, 0.2) is 23.3 Å². The number of allylic oxidation sites excluding steroid dienone is 4. The minimum absolute atomic E-state index is 0.0317. The Morgan fingerprint density at radius 2 is 1.08 bits per heavy atom. The van der Waals surface area contributed by atoms with Gasteiger partial charge >= 0.3 is 5.97 Å². The van der Waals surface area contributed by atoms with Crippen molar-refractivity contribution in [2.75, 3.05) is 6.61 Å². The van der Waals surface area contributed by atoms with Gasteiger partial charge in [0.25, 0.3) is 0 Å². The first kappa shape index (κ1) is 36.6. The van der Waals surface area contributed by atoms with Gasteiger partial charge in [-0.1, -0.05) is 64.8 Å². The van der Waals surface area contributed by atoms with Crippen LogP contribution in [-0.2, 0) is 19.1 Å². The summed E-state index contributed by atoms with van der Waals surface area (Å²) >= 11 is 0. The fourth-order valence-corrected chi connectivity index (χ4v) is 15.2. The summed E-state index contributed by atoms with van der Waals surface area (Å²) in [5.74, 6) is 7.11. The van der Waals surface area contributed by atoms with Crippen molar-refractivity contribution in [2.24, 2.45) is 80.8 Å². The van der Waals surface area contributed by atoms with Crippen molar-refractivity contribution >= 4 is 17.5 Å². The Bertz CT molecular complexity index is 1420. The predicted octanol–water partition coefficient (Wildman–Crippen LogP) is 11.1. The molecule has 4 heteroatoms. The van der Waals surface area contributed by atoms with E-state index in [1.165, 1.54) is 90.4 Å². The zero-order chi connectivity index (χ0) is 35.8. The van der Waals surface area contributed by atoms with Gasteiger partial charge in [-0.3, -0.25) is 14.4 Å². The van der Waals surface area contributed by atoms with E-state index in [9.17, 15) is 14.4 Å². The van der Waals surface area contributed by atoms with Crippen LogP contribution in [0.3, 0.4) is 0 Å². The highest BCUT2D eigenvalue weighted by Crippen LogP contribution is 2.68. The Kier molecular flexibility index (Phi) is 9.75. The summed E-state index contributed by atoms with van der Waals surface area (Å²) in [4.78, 5) is 36.1. The third kappa shape index (κ3) is 5.86. The van der Waals surface area contributed by atoms with E-state index in [1.807, 2.05) is 6.92 Å². The summed E-state index contributed by atoms with van der Waals surface area (Å²) in [5, 5.41) is 0. The van der Waals surface area contributed by atoms with E-state index in [0.29, 0.717) is 33.9 Å². The van der Waals surface area contributed by atoms with Gasteiger partial charge in [0.2, 0.25) is 0 Å². The maximum absolute atomic E-state index is 12.8. The first-order valence-electron chi connectivity index (χ1n) is 21.2. The molecule has 4 nitrogen and oxygen atoms in total. The van der Waals surface area contributed by atoms with Crippen LogP contribution in [0.5, 0.6) is 0 Å². The number of ketones is 2. The number of Topliss-reactive ketones (excluding diaryl/α,β-unsaturated/α-hetero) is 2. The molecule has 0 spiro atoms. The molecule has 0 aromatic rings. The third-order valence-corrected chi connectivity index (χ3v) is 18.0. The van der Waals surface area contributed by atoms with Gasteiger partial charge in [-0.15, -0.1) is 0 Å². The molecule has 0 saturated heterocycles. The summed E-state index contributed by atoms with van der Waals surface area (Å²) in [6, 6.07) is 0. The predicted molar refractivity (Wildman–Crippen MR) is 201 cm³/mol. The van der Waals surface area contributed by atoms with Crippen LogP contribution in [0.25, 0.3) is 0 Å². The van der Waals surface area contributed by atoms with Crippen LogP contribution < -0.4 is 0 Å². The topological polar surface area (TPSA) is 60.4 Å². The highest BCUT2D eigenvalue weighted by atomic mass is 16.5. The molecule has 278 valence electrons. The Hall–Kier alpha value is -1.71. The zero-order valence-electron chi connectivity index (χ0n) is 33.1. The first-order chi connectivity index (χ1) is 23.6. The molecule has 0 amide bonds. The van der Waals surface area contributed by atoms with Crippen LogP contribution in [0, 0.1) is 80.8 Å². The molecule has 0 aromatic heterocycles. The van der Waals surface area contributed by atoms with Crippen LogP contribution in [-0.4, -0.2) is 24.1 Å². The molecule has 8 rings (SSSR count). The van der Waals surface area contributed by atoms with Gasteiger partial charge in [-0.25, -0.2) is 0 Å². The third-order valence-electron chi connectivity index (χ3n) is 18.0. The molecule has 8 aliphatic rings. The van der Waals surface area contributed by atoms with E-state index in [-0.39, 0.29) is 29.7 Å². The fourth-order valence-electron chi connectivity index (χ4n) is 15.2. The molecular weight excluding hydrogens is 617 g/mol. The normalized spacial score (nSPS) is 48.8. The van der Waals surface area contributed by atoms with Crippen molar-refractivity contribution in [3.63, 3.8) is 0 Å². The number of carbonyl (C=O) groups excluding carboxylic acids is 3. The maximum atomic E-state index is 12.8. The quantitative estimate of drug-likeness (QED) is 0.218. The number of carbonyl (C=O) groups is 3. The van der Waals surface area contributed by atoms with E-state index < -0.39 is 0 Å². The zero-order valence-corrected chi connectivity index (χ0v) is 33.1. The summed E-state index contributed by atoms with van der Waals surface area (Å²) in [5.41, 5.74) is 4.81. The average molecular weight is 687 g/mol. The molecule has 0 radical (unpaired) electrons. The molecule has 8 aliphatic carbocycles. The van der Waals surface area contributed by atoms with Crippen molar-refractivity contribution in [1.29, 1.82) is 0 Å². The minimum atomic E-state index is -0.351. The van der Waals surface area contributed by atoms with E-state index in [0.717, 1.165) is 60.7 Å². The molecule has 0 aliphatic heterocycles. The molecule has 6 saturated carbocycles. The Morgan fingerprint density at radius 3 is 1.54 bits per heavy atom. The molecular formula is C46H70O4. The van der Waals surface area contributed by atoms with Crippen molar-refractivity contribution in [3.8, 4) is 0 Å². The Morgan fingerprint density at radius 1 is 0.620 bits per heavy atom. The van der Waals surface area contributed by atoms with Crippen molar-refractivity contribution in [2.45, 2.75) is 158 Å². The number of esters is 1. The highest BCUT2D eigenvalue weighted by Gasteiger charge is 2.61. The highest BCUT2D eigenvalue weighted by molar-refractivity contribution is 5.85. The van der Waals surface area contributed by atoms with Crippen LogP contribution >= 0.6 is 0 Å². The van der Waals surface area contributed by atoms with Gasteiger partial charge in [0, 0.05) is 18.8 Å². The molecule has 14 atom stereocenters. The monoisotopic (exact) mass is 687 g/mol. The van der Waals surface area contributed by atoms with Crippen molar-refractivity contribution < 1.29 is 19.1 Å². The fraction of sp³-hybridized carbons (Fsp3) is 0.848. The minimum Gasteiger partial charge on any atom is -0.458 e. The molecule has 50 heavy (non-hydrogen) atoms. The summed E-state index contributed by atoms with van der Waals surface area (Å²) in [7, 11) is 0. The molecule has 0 aromatic carbocycles. The molecule has 0 heterocycles. The second-order valence-corrected chi connectivity index (χ2v) is 20.4. The van der Waals surface area contributed by atoms with E-state index in [2.05, 4.69) is 53.7 Å². The summed E-state index contributed by atoms with van der Waals surface area (Å²) < 4.78 is 5.05. The van der Waals surface area contributed by atoms with E-state index >= 15 is 0 Å². The first-order valence-corrected chi connectivity index (χ1v) is 21.2. The average Bonchev–Trinajstić information content (AvgIpc) is 3.61. The van der Waals surface area contributed by atoms with Gasteiger partial charge < -0.3 is 4.74 Å². The largest absolute Gasteiger partial charge is 0.458 e. The summed E-state index contributed by atoms with van der Waals surface area (Å²) in [6.07, 6.45) is 25.6. The standard InChI is InChI=1S/C24H36O3.C22H34O/c1-15-9-11-23(3)17(13-15)5-6-18-19-7-8-21(22(26)14-27-16(2)25)24(19,4)12-10-20(18)23;1-14-9-11-21(3)16(13-14)5-6-17-19-8-7-18(15(2)23)22(19,4)12-10-20(17)21/h5,15,18-21H,6-14H2,1-4H3;5,14,17-20H,6-13H2,1-4H3/t15-,18?,19?,20?,21+,23-,24-;14-,17?,18+,19?,20?,21-,22+/m00/s1. The van der Waals surface area contributed by atoms with Gasteiger partial charge in [0.15, 0.2) is 5.78 Å². The van der Waals surface area contributed by atoms with Crippen LogP contribution in [0.1, 0.15) is 158 Å². The van der Waals surface area contributed by atoms with Crippen LogP contribution in [0.4, 0.5) is 0 Å². The van der Waals surface area contributed by atoms with Crippen LogP contribution in [0.2, 0.25) is 0 Å². The maximum Gasteiger partial charge on any atom is 0.303 e. The van der Waals surface area contributed by atoms with Gasteiger partial charge in [-0.2, -0.15) is 0 Å². The second kappa shape index (κ2) is 13.3. The summed E-state index contributed by atoms with van der Waals surface area (Å²) in [6.45, 7) is 18.0. The molecule has 0 bridgehead atoms. The lowest BCUT2D eigenvalue weighted by atomic mass is 9.47. The van der Waals surface area contributed by atoms with Gasteiger partial charge in [-0.05, 0) is 179 Å². The number of fused-ring (bicyclic) bond motifs is 10. The Balaban J connectivity index is 0.000000159. The SMILES string of the molecule is CC(=O)OCC(=O)[C@H]1CCC2C3CC=C4C[C@@H](C)CC[C@]4(C)C3CC[C@@]21C.CC(=O)[C@H]1CCC2C3CC=C4C[C@@H](C)CC[C@]4(C)C3CC[C@@]21C. The van der Waals surface area contributed by atoms with E-state index in [4.69, 9.17) is 4.74 Å². The van der Waals surface area contributed by atoms with Gasteiger partial charge in [0.05, 0.1) is 0 Å². The number of ether oxygens (including phenoxy) is 1. The molecule has 6 fully saturated rings. The lowest BCUT2D eigenvalue weighted by molar-refractivity contribution is -0.149. The van der Waals surface area contributed by atoms with Gasteiger partial charge in [0.1, 0.15) is 12.4 Å². The van der Waals surface area contributed by atoms with Crippen molar-refractivity contribution in [1.82, 2.24) is 0 Å². The van der Waals surface area contributed by atoms with Crippen molar-refractivity contribution in [3.05, 3.63) is 23.3 Å². The molecule has 6 unspecified atom stereocenters. The Labute approximate surface area is 304 Å².